The number of carbonyl (C=O) groups is 2. The molecule has 0 radical (unpaired) electrons. The van der Waals surface area contributed by atoms with E-state index in [2.05, 4.69) is 0 Å². The standard InChI is InChI=1S/C20H21NO2/c1-15-7-5-10-17(13-15)20(23)21-12-6-11-18(14-21)19(22)16-8-3-2-4-9-16/h2-5,7-10,13,18H,6,11-12,14H2,1H3. The van der Waals surface area contributed by atoms with Crippen LogP contribution in [0.5, 0.6) is 0 Å². The Morgan fingerprint density at radius 1 is 1.00 bits per heavy atom. The maximum atomic E-state index is 12.7. The van der Waals surface area contributed by atoms with E-state index in [4.69, 9.17) is 0 Å². The molecule has 1 heterocycles. The third kappa shape index (κ3) is 3.50. The third-order valence-corrected chi connectivity index (χ3v) is 4.40. The second kappa shape index (κ2) is 6.78. The van der Waals surface area contributed by atoms with Crippen molar-refractivity contribution in [3.05, 3.63) is 71.3 Å². The fourth-order valence-electron chi connectivity index (χ4n) is 3.17. The number of nitrogens with zero attached hydrogens (tertiary/aromatic N) is 1. The average Bonchev–Trinajstić information content (AvgIpc) is 2.61. The van der Waals surface area contributed by atoms with E-state index >= 15 is 0 Å². The second-order valence-corrected chi connectivity index (χ2v) is 6.19. The number of Topliss-reactive ketones (excluding diaryl/α,β-unsaturated/α-hetero) is 1. The van der Waals surface area contributed by atoms with Crippen LogP contribution >= 0.6 is 0 Å². The van der Waals surface area contributed by atoms with Crippen LogP contribution in [0.25, 0.3) is 0 Å². The molecule has 23 heavy (non-hydrogen) atoms. The molecule has 1 amide bonds. The Bertz CT molecular complexity index is 709. The first-order valence-electron chi connectivity index (χ1n) is 8.10. The van der Waals surface area contributed by atoms with E-state index in [0.717, 1.165) is 30.5 Å². The molecule has 1 fully saturated rings. The van der Waals surface area contributed by atoms with Crippen LogP contribution in [-0.4, -0.2) is 29.7 Å². The number of aryl methyl sites for hydroxylation is 1. The topological polar surface area (TPSA) is 37.4 Å². The van der Waals surface area contributed by atoms with Gasteiger partial charge in [0.2, 0.25) is 0 Å². The lowest BCUT2D eigenvalue weighted by molar-refractivity contribution is 0.0637. The lowest BCUT2D eigenvalue weighted by Crippen LogP contribution is -2.42. The van der Waals surface area contributed by atoms with Gasteiger partial charge in [-0.3, -0.25) is 9.59 Å². The van der Waals surface area contributed by atoms with Crippen molar-refractivity contribution in [2.24, 2.45) is 5.92 Å². The summed E-state index contributed by atoms with van der Waals surface area (Å²) in [5.41, 5.74) is 2.52. The molecule has 0 N–H and O–H groups in total. The van der Waals surface area contributed by atoms with Gasteiger partial charge in [0.05, 0.1) is 0 Å². The Hall–Kier alpha value is -2.42. The first kappa shape index (κ1) is 15.5. The highest BCUT2D eigenvalue weighted by Gasteiger charge is 2.29. The SMILES string of the molecule is Cc1cccc(C(=O)N2CCCC(C(=O)c3ccccc3)C2)c1. The molecule has 0 aromatic heterocycles. The minimum atomic E-state index is -0.0973. The maximum Gasteiger partial charge on any atom is 0.253 e. The molecule has 0 spiro atoms. The summed E-state index contributed by atoms with van der Waals surface area (Å²) in [5.74, 6) is 0.0755. The summed E-state index contributed by atoms with van der Waals surface area (Å²) >= 11 is 0. The Labute approximate surface area is 136 Å². The van der Waals surface area contributed by atoms with Gasteiger partial charge in [0.15, 0.2) is 5.78 Å². The summed E-state index contributed by atoms with van der Waals surface area (Å²) in [6.07, 6.45) is 1.73. The van der Waals surface area contributed by atoms with Crippen LogP contribution in [0.2, 0.25) is 0 Å². The van der Waals surface area contributed by atoms with Gasteiger partial charge >= 0.3 is 0 Å². The number of hydrogen-bond acceptors (Lipinski definition) is 2. The van der Waals surface area contributed by atoms with E-state index in [0.29, 0.717) is 12.1 Å². The molecular formula is C20H21NO2. The van der Waals surface area contributed by atoms with Crippen molar-refractivity contribution in [3.8, 4) is 0 Å². The van der Waals surface area contributed by atoms with E-state index in [9.17, 15) is 9.59 Å². The molecule has 2 aromatic carbocycles. The van der Waals surface area contributed by atoms with E-state index < -0.39 is 0 Å². The van der Waals surface area contributed by atoms with E-state index in [1.807, 2.05) is 66.4 Å². The van der Waals surface area contributed by atoms with Crippen molar-refractivity contribution in [1.82, 2.24) is 4.90 Å². The summed E-state index contributed by atoms with van der Waals surface area (Å²) < 4.78 is 0. The number of carbonyl (C=O) groups excluding carboxylic acids is 2. The summed E-state index contributed by atoms with van der Waals surface area (Å²) in [6.45, 7) is 3.22. The van der Waals surface area contributed by atoms with Gasteiger partial charge in [-0.25, -0.2) is 0 Å². The van der Waals surface area contributed by atoms with Gasteiger partial charge in [-0.2, -0.15) is 0 Å². The lowest BCUT2D eigenvalue weighted by Gasteiger charge is -2.32. The molecule has 2 aromatic rings. The number of amides is 1. The first-order chi connectivity index (χ1) is 11.1. The predicted molar refractivity (Wildman–Crippen MR) is 90.6 cm³/mol. The largest absolute Gasteiger partial charge is 0.338 e. The fraction of sp³-hybridized carbons (Fsp3) is 0.300. The molecule has 0 saturated carbocycles. The predicted octanol–water partition coefficient (Wildman–Crippen LogP) is 3.73. The number of piperidine rings is 1. The third-order valence-electron chi connectivity index (χ3n) is 4.40. The normalized spacial score (nSPS) is 17.8. The van der Waals surface area contributed by atoms with Gasteiger partial charge in [0.25, 0.3) is 5.91 Å². The molecule has 0 bridgehead atoms. The van der Waals surface area contributed by atoms with Crippen molar-refractivity contribution >= 4 is 11.7 Å². The summed E-state index contributed by atoms with van der Waals surface area (Å²) in [7, 11) is 0. The van der Waals surface area contributed by atoms with Gasteiger partial charge in [-0.1, -0.05) is 48.0 Å². The van der Waals surface area contributed by atoms with E-state index in [-0.39, 0.29) is 17.6 Å². The Balaban J connectivity index is 1.73. The lowest BCUT2D eigenvalue weighted by atomic mass is 9.89. The molecule has 3 rings (SSSR count). The van der Waals surface area contributed by atoms with Gasteiger partial charge in [0, 0.05) is 30.1 Å². The first-order valence-corrected chi connectivity index (χ1v) is 8.10. The van der Waals surface area contributed by atoms with Crippen molar-refractivity contribution in [2.75, 3.05) is 13.1 Å². The highest BCUT2D eigenvalue weighted by Crippen LogP contribution is 2.22. The fourth-order valence-corrected chi connectivity index (χ4v) is 3.17. The zero-order valence-electron chi connectivity index (χ0n) is 13.4. The van der Waals surface area contributed by atoms with Crippen LogP contribution in [0, 0.1) is 12.8 Å². The smallest absolute Gasteiger partial charge is 0.253 e. The van der Waals surface area contributed by atoms with Crippen molar-refractivity contribution in [1.29, 1.82) is 0 Å². The number of benzene rings is 2. The Morgan fingerprint density at radius 3 is 2.48 bits per heavy atom. The Morgan fingerprint density at radius 2 is 1.74 bits per heavy atom. The minimum Gasteiger partial charge on any atom is -0.338 e. The van der Waals surface area contributed by atoms with E-state index in [1.54, 1.807) is 0 Å². The molecule has 1 aliphatic rings. The summed E-state index contributed by atoms with van der Waals surface area (Å²) in [4.78, 5) is 27.1. The number of hydrogen-bond donors (Lipinski definition) is 0. The van der Waals surface area contributed by atoms with Crippen LogP contribution in [0.1, 0.15) is 39.1 Å². The van der Waals surface area contributed by atoms with Crippen LogP contribution in [0.3, 0.4) is 0 Å². The quantitative estimate of drug-likeness (QED) is 0.810. The molecule has 1 atom stereocenters. The summed E-state index contributed by atoms with van der Waals surface area (Å²) in [5, 5.41) is 0. The number of rotatable bonds is 3. The average molecular weight is 307 g/mol. The highest BCUT2D eigenvalue weighted by atomic mass is 16.2. The number of likely N-dealkylation sites (tertiary alicyclic amines) is 1. The van der Waals surface area contributed by atoms with Crippen molar-refractivity contribution in [3.63, 3.8) is 0 Å². The molecular weight excluding hydrogens is 286 g/mol. The van der Waals surface area contributed by atoms with Crippen LogP contribution in [-0.2, 0) is 0 Å². The molecule has 0 aliphatic carbocycles. The molecule has 3 nitrogen and oxygen atoms in total. The van der Waals surface area contributed by atoms with Crippen LogP contribution in [0.15, 0.2) is 54.6 Å². The summed E-state index contributed by atoms with van der Waals surface area (Å²) in [6, 6.07) is 17.0. The van der Waals surface area contributed by atoms with Gasteiger partial charge in [0.1, 0.15) is 0 Å². The zero-order chi connectivity index (χ0) is 16.2. The van der Waals surface area contributed by atoms with Crippen LogP contribution < -0.4 is 0 Å². The molecule has 1 unspecified atom stereocenters. The molecule has 118 valence electrons. The van der Waals surface area contributed by atoms with Crippen molar-refractivity contribution < 1.29 is 9.59 Å². The Kier molecular flexibility index (Phi) is 4.56. The monoisotopic (exact) mass is 307 g/mol. The maximum absolute atomic E-state index is 12.7. The number of ketones is 1. The highest BCUT2D eigenvalue weighted by molar-refractivity contribution is 5.99. The molecule has 3 heteroatoms. The zero-order valence-corrected chi connectivity index (χ0v) is 13.4. The van der Waals surface area contributed by atoms with E-state index in [1.165, 1.54) is 0 Å². The van der Waals surface area contributed by atoms with Crippen molar-refractivity contribution in [2.45, 2.75) is 19.8 Å². The van der Waals surface area contributed by atoms with Gasteiger partial charge in [-0.15, -0.1) is 0 Å². The van der Waals surface area contributed by atoms with Gasteiger partial charge in [-0.05, 0) is 31.9 Å². The molecule has 1 saturated heterocycles. The van der Waals surface area contributed by atoms with Crippen LogP contribution in [0.4, 0.5) is 0 Å². The minimum absolute atomic E-state index is 0.0271. The van der Waals surface area contributed by atoms with Gasteiger partial charge < -0.3 is 4.90 Å². The second-order valence-electron chi connectivity index (χ2n) is 6.19. The molecule has 1 aliphatic heterocycles.